The lowest BCUT2D eigenvalue weighted by atomic mass is 10.1. The molecule has 0 aliphatic carbocycles. The van der Waals surface area contributed by atoms with Crippen LogP contribution >= 0.6 is 0 Å². The number of ether oxygens (including phenoxy) is 3. The van der Waals surface area contributed by atoms with Crippen LogP contribution in [-0.2, 0) is 6.61 Å². The van der Waals surface area contributed by atoms with E-state index in [0.717, 1.165) is 47.8 Å². The van der Waals surface area contributed by atoms with Crippen LogP contribution in [0, 0.1) is 0 Å². The Labute approximate surface area is 230 Å². The fourth-order valence-electron chi connectivity index (χ4n) is 4.29. The van der Waals surface area contributed by atoms with E-state index in [0.29, 0.717) is 12.4 Å². The van der Waals surface area contributed by atoms with Crippen LogP contribution in [0.4, 0.5) is 0 Å². The van der Waals surface area contributed by atoms with Crippen LogP contribution in [-0.4, -0.2) is 22.7 Å². The molecule has 1 atom stereocenters. The zero-order valence-electron chi connectivity index (χ0n) is 23.7. The smallest absolute Gasteiger partial charge is 0.159 e. The van der Waals surface area contributed by atoms with Crippen molar-refractivity contribution in [3.8, 4) is 28.6 Å². The number of hydrogen-bond donors (Lipinski definition) is 0. The normalized spacial score (nSPS) is 11.8. The molecule has 0 saturated carbocycles. The van der Waals surface area contributed by atoms with Crippen molar-refractivity contribution in [2.45, 2.75) is 104 Å². The van der Waals surface area contributed by atoms with Crippen LogP contribution in [0.3, 0.4) is 0 Å². The van der Waals surface area contributed by atoms with E-state index in [4.69, 9.17) is 14.2 Å². The molecule has 0 N–H and O–H groups in total. The van der Waals surface area contributed by atoms with Gasteiger partial charge in [-0.15, -0.1) is 0 Å². The van der Waals surface area contributed by atoms with Gasteiger partial charge in [0.1, 0.15) is 18.1 Å². The molecule has 0 bridgehead atoms. The summed E-state index contributed by atoms with van der Waals surface area (Å²) in [6, 6.07) is 16.1. The second kappa shape index (κ2) is 17.4. The molecule has 0 aliphatic rings. The van der Waals surface area contributed by atoms with Crippen molar-refractivity contribution in [1.82, 2.24) is 9.97 Å². The van der Waals surface area contributed by atoms with E-state index in [1.165, 1.54) is 57.8 Å². The zero-order chi connectivity index (χ0) is 26.8. The van der Waals surface area contributed by atoms with Crippen LogP contribution in [0.25, 0.3) is 11.4 Å². The minimum absolute atomic E-state index is 0.241. The first-order valence-electron chi connectivity index (χ1n) is 14.6. The second-order valence-corrected chi connectivity index (χ2v) is 10.1. The highest BCUT2D eigenvalue weighted by molar-refractivity contribution is 5.56. The largest absolute Gasteiger partial charge is 0.491 e. The number of aromatic nitrogens is 2. The van der Waals surface area contributed by atoms with E-state index >= 15 is 0 Å². The number of nitrogens with zero attached hydrogens (tertiary/aromatic N) is 2. The topological polar surface area (TPSA) is 53.5 Å². The molecule has 5 heteroatoms. The molecular formula is C33H46N2O3. The van der Waals surface area contributed by atoms with E-state index in [9.17, 15) is 0 Å². The summed E-state index contributed by atoms with van der Waals surface area (Å²) in [5.41, 5.74) is 2.06. The van der Waals surface area contributed by atoms with Gasteiger partial charge >= 0.3 is 0 Å². The highest BCUT2D eigenvalue weighted by atomic mass is 16.5. The third kappa shape index (κ3) is 11.1. The summed E-state index contributed by atoms with van der Waals surface area (Å²) in [6.45, 7) is 7.85. The first kappa shape index (κ1) is 29.5. The summed E-state index contributed by atoms with van der Waals surface area (Å²) in [6.07, 6.45) is 17.4. The van der Waals surface area contributed by atoms with E-state index < -0.39 is 0 Å². The minimum Gasteiger partial charge on any atom is -0.491 e. The van der Waals surface area contributed by atoms with Gasteiger partial charge in [0.25, 0.3) is 0 Å². The van der Waals surface area contributed by atoms with Crippen molar-refractivity contribution in [2.24, 2.45) is 0 Å². The highest BCUT2D eigenvalue weighted by Gasteiger charge is 2.06. The molecule has 0 saturated heterocycles. The first-order valence-corrected chi connectivity index (χ1v) is 14.6. The quantitative estimate of drug-likeness (QED) is 0.148. The average Bonchev–Trinajstić information content (AvgIpc) is 2.95. The Morgan fingerprint density at radius 3 is 1.92 bits per heavy atom. The lowest BCUT2D eigenvalue weighted by Gasteiger charge is -2.15. The Morgan fingerprint density at radius 1 is 0.632 bits per heavy atom. The fourth-order valence-corrected chi connectivity index (χ4v) is 4.29. The molecule has 2 aromatic carbocycles. The second-order valence-electron chi connectivity index (χ2n) is 10.1. The zero-order valence-corrected chi connectivity index (χ0v) is 23.7. The predicted molar refractivity (Wildman–Crippen MR) is 156 cm³/mol. The van der Waals surface area contributed by atoms with Crippen molar-refractivity contribution in [2.75, 3.05) is 6.61 Å². The van der Waals surface area contributed by atoms with E-state index in [-0.39, 0.29) is 6.10 Å². The lowest BCUT2D eigenvalue weighted by Crippen LogP contribution is -2.11. The van der Waals surface area contributed by atoms with Gasteiger partial charge in [0.05, 0.1) is 25.1 Å². The maximum absolute atomic E-state index is 6.06. The van der Waals surface area contributed by atoms with Crippen molar-refractivity contribution in [3.63, 3.8) is 0 Å². The van der Waals surface area contributed by atoms with Gasteiger partial charge in [0.15, 0.2) is 11.6 Å². The third-order valence-corrected chi connectivity index (χ3v) is 6.64. The van der Waals surface area contributed by atoms with Gasteiger partial charge in [-0.1, -0.05) is 77.3 Å². The number of hydrogen-bond acceptors (Lipinski definition) is 5. The van der Waals surface area contributed by atoms with Crippen molar-refractivity contribution >= 4 is 0 Å². The summed E-state index contributed by atoms with van der Waals surface area (Å²) in [4.78, 5) is 8.95. The Bertz CT molecular complexity index is 1000. The fraction of sp³-hybridized carbons (Fsp3) is 0.515. The molecule has 38 heavy (non-hydrogen) atoms. The monoisotopic (exact) mass is 518 g/mol. The Hall–Kier alpha value is -3.08. The molecule has 3 rings (SSSR count). The molecular weight excluding hydrogens is 472 g/mol. The maximum Gasteiger partial charge on any atom is 0.159 e. The molecule has 1 aromatic heterocycles. The molecule has 0 spiro atoms. The van der Waals surface area contributed by atoms with Crippen LogP contribution in [0.15, 0.2) is 60.9 Å². The summed E-state index contributed by atoms with van der Waals surface area (Å²) >= 11 is 0. The SMILES string of the molecule is CCCCCCCCOc1cnc(-c2ccc(OCc3ccc(O[C@H](C)CCCCCC)cc3)cc2)nc1. The van der Waals surface area contributed by atoms with Gasteiger partial charge in [-0.2, -0.15) is 0 Å². The lowest BCUT2D eigenvalue weighted by molar-refractivity contribution is 0.206. The molecule has 0 radical (unpaired) electrons. The van der Waals surface area contributed by atoms with Crippen LogP contribution in [0.1, 0.15) is 97.0 Å². The third-order valence-electron chi connectivity index (χ3n) is 6.64. The first-order chi connectivity index (χ1) is 18.7. The molecule has 1 heterocycles. The van der Waals surface area contributed by atoms with Gasteiger partial charge in [-0.3, -0.25) is 0 Å². The molecule has 206 valence electrons. The molecule has 0 aliphatic heterocycles. The van der Waals surface area contributed by atoms with Crippen molar-refractivity contribution in [3.05, 3.63) is 66.5 Å². The van der Waals surface area contributed by atoms with Gasteiger partial charge in [-0.05, 0) is 68.1 Å². The van der Waals surface area contributed by atoms with Crippen molar-refractivity contribution < 1.29 is 14.2 Å². The summed E-state index contributed by atoms with van der Waals surface area (Å²) in [5.74, 6) is 3.13. The van der Waals surface area contributed by atoms with Gasteiger partial charge < -0.3 is 14.2 Å². The molecule has 0 amide bonds. The van der Waals surface area contributed by atoms with Gasteiger partial charge in [0, 0.05) is 5.56 Å². The molecule has 5 nitrogen and oxygen atoms in total. The predicted octanol–water partition coefficient (Wildman–Crippen LogP) is 9.20. The number of rotatable bonds is 19. The summed E-state index contributed by atoms with van der Waals surface area (Å²) in [7, 11) is 0. The minimum atomic E-state index is 0.241. The summed E-state index contributed by atoms with van der Waals surface area (Å²) in [5, 5.41) is 0. The van der Waals surface area contributed by atoms with Crippen LogP contribution in [0.2, 0.25) is 0 Å². The Balaban J connectivity index is 1.38. The molecule has 3 aromatic rings. The Kier molecular flexibility index (Phi) is 13.5. The molecule has 0 unspecified atom stereocenters. The van der Waals surface area contributed by atoms with Gasteiger partial charge in [-0.25, -0.2) is 9.97 Å². The Morgan fingerprint density at radius 2 is 1.24 bits per heavy atom. The van der Waals surface area contributed by atoms with E-state index in [2.05, 4.69) is 42.9 Å². The maximum atomic E-state index is 6.06. The van der Waals surface area contributed by atoms with Gasteiger partial charge in [0.2, 0.25) is 0 Å². The van der Waals surface area contributed by atoms with E-state index in [1.807, 2.05) is 36.4 Å². The van der Waals surface area contributed by atoms with E-state index in [1.54, 1.807) is 12.4 Å². The molecule has 0 fully saturated rings. The summed E-state index contributed by atoms with van der Waals surface area (Å²) < 4.78 is 17.8. The number of unbranched alkanes of at least 4 members (excludes halogenated alkanes) is 8. The number of benzene rings is 2. The van der Waals surface area contributed by atoms with Crippen LogP contribution < -0.4 is 14.2 Å². The highest BCUT2D eigenvalue weighted by Crippen LogP contribution is 2.22. The van der Waals surface area contributed by atoms with Crippen LogP contribution in [0.5, 0.6) is 17.2 Å². The average molecular weight is 519 g/mol. The standard InChI is InChI=1S/C33H46N2O3/c1-4-6-8-10-11-13-23-36-32-24-34-33(35-25-32)29-17-21-30(22-18-29)37-26-28-15-19-31(20-16-28)38-27(3)14-12-9-7-5-2/h15-22,24-25,27H,4-14,23,26H2,1-3H3/t27-/m1/s1. The van der Waals surface area contributed by atoms with Crippen molar-refractivity contribution in [1.29, 1.82) is 0 Å².